The van der Waals surface area contributed by atoms with Gasteiger partial charge in [0, 0.05) is 39.3 Å². The van der Waals surface area contributed by atoms with Crippen LogP contribution in [0.4, 0.5) is 10.5 Å². The number of carbonyl (C=O) groups is 2. The summed E-state index contributed by atoms with van der Waals surface area (Å²) in [6.07, 6.45) is 5.21. The highest BCUT2D eigenvalue weighted by atomic mass is 16.6. The molecule has 2 saturated heterocycles. The lowest BCUT2D eigenvalue weighted by Crippen LogP contribution is -2.50. The van der Waals surface area contributed by atoms with E-state index >= 15 is 0 Å². The minimum absolute atomic E-state index is 0.0753. The Hall–Kier alpha value is -2.31. The number of carbonyl (C=O) groups excluding carboxylic acids is 2. The lowest BCUT2D eigenvalue weighted by Gasteiger charge is -2.34. The van der Waals surface area contributed by atoms with E-state index in [0.717, 1.165) is 18.8 Å². The van der Waals surface area contributed by atoms with Crippen LogP contribution in [0.15, 0.2) is 18.3 Å². The van der Waals surface area contributed by atoms with Crippen molar-refractivity contribution < 1.29 is 14.3 Å². The molecule has 25 heavy (non-hydrogen) atoms. The molecule has 0 bridgehead atoms. The maximum absolute atomic E-state index is 12.6. The van der Waals surface area contributed by atoms with Crippen molar-refractivity contribution in [2.45, 2.75) is 26.2 Å². The highest BCUT2D eigenvalue weighted by Crippen LogP contribution is 2.19. The number of hydrogen-bond acceptors (Lipinski definition) is 5. The Balaban J connectivity index is 1.55. The van der Waals surface area contributed by atoms with Crippen molar-refractivity contribution in [3.8, 4) is 0 Å². The predicted molar refractivity (Wildman–Crippen MR) is 94.8 cm³/mol. The molecule has 0 radical (unpaired) electrons. The van der Waals surface area contributed by atoms with E-state index in [-0.39, 0.29) is 12.0 Å². The smallest absolute Gasteiger partial charge is 0.409 e. The standard InChI is InChI=1S/C18H26N4O3/c1-2-25-18(24)22-12-10-21(11-13-22)17(23)16-7-6-15(14-19-16)20-8-4-3-5-9-20/h6-7,14H,2-5,8-13H2,1H3. The fourth-order valence-corrected chi connectivity index (χ4v) is 3.32. The Morgan fingerprint density at radius 2 is 1.68 bits per heavy atom. The first kappa shape index (κ1) is 17.5. The van der Waals surface area contributed by atoms with Crippen LogP contribution in [-0.4, -0.2) is 72.7 Å². The third-order valence-electron chi connectivity index (χ3n) is 4.78. The summed E-state index contributed by atoms with van der Waals surface area (Å²) in [6.45, 7) is 6.28. The van der Waals surface area contributed by atoms with Crippen LogP contribution in [0.25, 0.3) is 0 Å². The number of rotatable bonds is 3. The average molecular weight is 346 g/mol. The summed E-state index contributed by atoms with van der Waals surface area (Å²) >= 11 is 0. The molecule has 2 amide bonds. The number of piperazine rings is 1. The Kier molecular flexibility index (Phi) is 5.73. The summed E-state index contributed by atoms with van der Waals surface area (Å²) in [5.41, 5.74) is 1.55. The van der Waals surface area contributed by atoms with Crippen LogP contribution in [0.5, 0.6) is 0 Å². The number of ether oxygens (including phenoxy) is 1. The molecule has 0 aromatic carbocycles. The zero-order chi connectivity index (χ0) is 17.6. The third-order valence-corrected chi connectivity index (χ3v) is 4.78. The molecule has 0 spiro atoms. The summed E-state index contributed by atoms with van der Waals surface area (Å²) in [4.78, 5) is 34.4. The SMILES string of the molecule is CCOC(=O)N1CCN(C(=O)c2ccc(N3CCCCC3)cn2)CC1. The van der Waals surface area contributed by atoms with Crippen LogP contribution in [0.1, 0.15) is 36.7 Å². The van der Waals surface area contributed by atoms with Gasteiger partial charge in [0.15, 0.2) is 0 Å². The normalized spacial score (nSPS) is 18.2. The molecule has 2 aliphatic rings. The molecule has 136 valence electrons. The van der Waals surface area contributed by atoms with Gasteiger partial charge in [0.05, 0.1) is 18.5 Å². The predicted octanol–water partition coefficient (Wildman–Crippen LogP) is 1.99. The van der Waals surface area contributed by atoms with Crippen molar-refractivity contribution in [3.63, 3.8) is 0 Å². The van der Waals surface area contributed by atoms with Gasteiger partial charge >= 0.3 is 6.09 Å². The van der Waals surface area contributed by atoms with E-state index in [1.165, 1.54) is 19.3 Å². The molecule has 0 aliphatic carbocycles. The van der Waals surface area contributed by atoms with Crippen LogP contribution >= 0.6 is 0 Å². The van der Waals surface area contributed by atoms with Gasteiger partial charge in [-0.05, 0) is 38.3 Å². The number of aromatic nitrogens is 1. The Morgan fingerprint density at radius 3 is 2.28 bits per heavy atom. The summed E-state index contributed by atoms with van der Waals surface area (Å²) < 4.78 is 5.00. The van der Waals surface area contributed by atoms with Crippen molar-refractivity contribution in [3.05, 3.63) is 24.0 Å². The van der Waals surface area contributed by atoms with Gasteiger partial charge in [0.1, 0.15) is 5.69 Å². The number of amides is 2. The van der Waals surface area contributed by atoms with Crippen molar-refractivity contribution in [2.24, 2.45) is 0 Å². The molecular weight excluding hydrogens is 320 g/mol. The van der Waals surface area contributed by atoms with Crippen LogP contribution in [0, 0.1) is 0 Å². The Labute approximate surface area is 148 Å². The van der Waals surface area contributed by atoms with Gasteiger partial charge in [0.25, 0.3) is 5.91 Å². The van der Waals surface area contributed by atoms with Crippen molar-refractivity contribution in [1.82, 2.24) is 14.8 Å². The molecule has 7 nitrogen and oxygen atoms in total. The van der Waals surface area contributed by atoms with Gasteiger partial charge in [0.2, 0.25) is 0 Å². The largest absolute Gasteiger partial charge is 0.450 e. The lowest BCUT2D eigenvalue weighted by molar-refractivity contribution is 0.0566. The Bertz CT molecular complexity index is 591. The topological polar surface area (TPSA) is 66.0 Å². The molecule has 1 aromatic rings. The monoisotopic (exact) mass is 346 g/mol. The molecule has 3 rings (SSSR count). The van der Waals surface area contributed by atoms with E-state index in [0.29, 0.717) is 38.5 Å². The second-order valence-electron chi connectivity index (χ2n) is 6.43. The van der Waals surface area contributed by atoms with Crippen molar-refractivity contribution in [2.75, 3.05) is 50.8 Å². The Morgan fingerprint density at radius 1 is 1.00 bits per heavy atom. The number of nitrogens with zero attached hydrogens (tertiary/aromatic N) is 4. The van der Waals surface area contributed by atoms with Crippen LogP contribution in [0.2, 0.25) is 0 Å². The summed E-state index contributed by atoms with van der Waals surface area (Å²) in [7, 11) is 0. The molecular formula is C18H26N4O3. The van der Waals surface area contributed by atoms with Crippen LogP contribution in [-0.2, 0) is 4.74 Å². The zero-order valence-electron chi connectivity index (χ0n) is 14.8. The van der Waals surface area contributed by atoms with E-state index in [1.54, 1.807) is 22.9 Å². The number of hydrogen-bond donors (Lipinski definition) is 0. The lowest BCUT2D eigenvalue weighted by atomic mass is 10.1. The van der Waals surface area contributed by atoms with Gasteiger partial charge in [-0.1, -0.05) is 0 Å². The first-order valence-electron chi connectivity index (χ1n) is 9.11. The molecule has 0 N–H and O–H groups in total. The first-order valence-corrected chi connectivity index (χ1v) is 9.11. The van der Waals surface area contributed by atoms with Gasteiger partial charge in [-0.25, -0.2) is 9.78 Å². The third kappa shape index (κ3) is 4.21. The van der Waals surface area contributed by atoms with Gasteiger partial charge in [-0.15, -0.1) is 0 Å². The fraction of sp³-hybridized carbons (Fsp3) is 0.611. The van der Waals surface area contributed by atoms with E-state index in [9.17, 15) is 9.59 Å². The highest BCUT2D eigenvalue weighted by Gasteiger charge is 2.26. The van der Waals surface area contributed by atoms with Crippen molar-refractivity contribution >= 4 is 17.7 Å². The second kappa shape index (κ2) is 8.18. The van der Waals surface area contributed by atoms with Crippen molar-refractivity contribution in [1.29, 1.82) is 0 Å². The molecule has 7 heteroatoms. The number of pyridine rings is 1. The molecule has 0 saturated carbocycles. The van der Waals surface area contributed by atoms with E-state index in [4.69, 9.17) is 4.74 Å². The van der Waals surface area contributed by atoms with Crippen LogP contribution < -0.4 is 4.90 Å². The molecule has 2 fully saturated rings. The first-order chi connectivity index (χ1) is 12.2. The fourth-order valence-electron chi connectivity index (χ4n) is 3.32. The maximum atomic E-state index is 12.6. The average Bonchev–Trinajstić information content (AvgIpc) is 2.68. The van der Waals surface area contributed by atoms with E-state index < -0.39 is 0 Å². The van der Waals surface area contributed by atoms with E-state index in [1.807, 2.05) is 12.1 Å². The van der Waals surface area contributed by atoms with Gasteiger partial charge in [-0.2, -0.15) is 0 Å². The molecule has 3 heterocycles. The molecule has 2 aliphatic heterocycles. The van der Waals surface area contributed by atoms with Crippen LogP contribution in [0.3, 0.4) is 0 Å². The zero-order valence-corrected chi connectivity index (χ0v) is 14.8. The number of anilines is 1. The van der Waals surface area contributed by atoms with Gasteiger partial charge in [-0.3, -0.25) is 4.79 Å². The highest BCUT2D eigenvalue weighted by molar-refractivity contribution is 5.92. The summed E-state index contributed by atoms with van der Waals surface area (Å²) in [5.74, 6) is -0.0753. The maximum Gasteiger partial charge on any atom is 0.409 e. The minimum Gasteiger partial charge on any atom is -0.450 e. The summed E-state index contributed by atoms with van der Waals surface area (Å²) in [6, 6.07) is 3.80. The second-order valence-corrected chi connectivity index (χ2v) is 6.43. The van der Waals surface area contributed by atoms with Gasteiger partial charge < -0.3 is 19.4 Å². The quantitative estimate of drug-likeness (QED) is 0.837. The summed E-state index contributed by atoms with van der Waals surface area (Å²) in [5, 5.41) is 0. The van der Waals surface area contributed by atoms with E-state index in [2.05, 4.69) is 9.88 Å². The number of piperidine rings is 1. The minimum atomic E-state index is -0.307. The molecule has 0 unspecified atom stereocenters. The molecule has 0 atom stereocenters. The molecule has 1 aromatic heterocycles.